The number of methoxy groups -OCH3 is 1. The van der Waals surface area contributed by atoms with Crippen molar-refractivity contribution >= 4 is 5.91 Å². The molecule has 142 valence electrons. The van der Waals surface area contributed by atoms with Crippen molar-refractivity contribution < 1.29 is 18.7 Å². The van der Waals surface area contributed by atoms with Gasteiger partial charge in [-0.3, -0.25) is 9.89 Å². The molecule has 0 aliphatic heterocycles. The number of hydrogen-bond donors (Lipinski definition) is 2. The molecular weight excluding hydrogens is 361 g/mol. The van der Waals surface area contributed by atoms with Gasteiger partial charge < -0.3 is 14.8 Å². The van der Waals surface area contributed by atoms with E-state index in [0.29, 0.717) is 17.1 Å². The summed E-state index contributed by atoms with van der Waals surface area (Å²) in [6.45, 7) is 0.154. The van der Waals surface area contributed by atoms with Crippen LogP contribution in [-0.2, 0) is 0 Å². The number of carbonyl (C=O) groups excluding carboxylic acids is 1. The van der Waals surface area contributed by atoms with Crippen molar-refractivity contribution in [2.75, 3.05) is 20.3 Å². The molecule has 1 heterocycles. The van der Waals surface area contributed by atoms with Crippen LogP contribution in [0.25, 0.3) is 11.3 Å². The van der Waals surface area contributed by atoms with E-state index in [2.05, 4.69) is 27.4 Å². The fourth-order valence-electron chi connectivity index (χ4n) is 2.44. The molecule has 28 heavy (non-hydrogen) atoms. The predicted octanol–water partition coefficient (Wildman–Crippen LogP) is 3.04. The first-order chi connectivity index (χ1) is 13.7. The summed E-state index contributed by atoms with van der Waals surface area (Å²) in [7, 11) is 1.58. The van der Waals surface area contributed by atoms with Crippen molar-refractivity contribution in [1.82, 2.24) is 15.5 Å². The molecule has 0 radical (unpaired) electrons. The van der Waals surface area contributed by atoms with Crippen LogP contribution in [0, 0.1) is 17.7 Å². The minimum Gasteiger partial charge on any atom is -0.496 e. The maximum Gasteiger partial charge on any atom is 0.270 e. The highest BCUT2D eigenvalue weighted by Gasteiger charge is 2.12. The van der Waals surface area contributed by atoms with Gasteiger partial charge in [0.15, 0.2) is 11.6 Å². The number of carbonyl (C=O) groups is 1. The number of para-hydroxylation sites is 2. The Morgan fingerprint density at radius 1 is 1.14 bits per heavy atom. The van der Waals surface area contributed by atoms with Gasteiger partial charge >= 0.3 is 0 Å². The number of ether oxygens (including phenoxy) is 2. The average Bonchev–Trinajstić information content (AvgIpc) is 3.22. The molecule has 0 aliphatic rings. The lowest BCUT2D eigenvalue weighted by Gasteiger charge is -2.04. The van der Waals surface area contributed by atoms with E-state index in [0.717, 1.165) is 5.56 Å². The zero-order valence-corrected chi connectivity index (χ0v) is 15.2. The summed E-state index contributed by atoms with van der Waals surface area (Å²) in [4.78, 5) is 12.2. The standard InChI is InChI=1S/C21H18FN3O3/c1-27-19-10-4-2-8-15(19)17-14-18(25-24-17)21(26)23-12-6-7-13-28-20-11-5-3-9-16(20)22/h2-5,8-11,14H,12-13H2,1H3,(H,23,26)(H,24,25). The number of halogens is 1. The molecule has 0 fully saturated rings. The smallest absolute Gasteiger partial charge is 0.270 e. The molecule has 1 amide bonds. The Balaban J connectivity index is 1.51. The number of rotatable bonds is 6. The van der Waals surface area contributed by atoms with Crippen LogP contribution in [0.4, 0.5) is 4.39 Å². The summed E-state index contributed by atoms with van der Waals surface area (Å²) in [6.07, 6.45) is 0. The number of benzene rings is 2. The van der Waals surface area contributed by atoms with Crippen molar-refractivity contribution in [2.24, 2.45) is 0 Å². The molecule has 0 bridgehead atoms. The summed E-state index contributed by atoms with van der Waals surface area (Å²) in [5, 5.41) is 9.52. The second-order valence-corrected chi connectivity index (χ2v) is 5.62. The highest BCUT2D eigenvalue weighted by atomic mass is 19.1. The quantitative estimate of drug-likeness (QED) is 0.646. The highest BCUT2D eigenvalue weighted by molar-refractivity contribution is 5.93. The molecule has 0 spiro atoms. The summed E-state index contributed by atoms with van der Waals surface area (Å²) in [5.41, 5.74) is 1.70. The van der Waals surface area contributed by atoms with Gasteiger partial charge in [-0.25, -0.2) is 4.39 Å². The second-order valence-electron chi connectivity index (χ2n) is 5.62. The van der Waals surface area contributed by atoms with Crippen molar-refractivity contribution in [2.45, 2.75) is 0 Å². The molecule has 0 saturated carbocycles. The molecule has 3 rings (SSSR count). The van der Waals surface area contributed by atoms with E-state index < -0.39 is 5.82 Å². The molecule has 0 atom stereocenters. The van der Waals surface area contributed by atoms with Gasteiger partial charge in [0.05, 0.1) is 19.3 Å². The van der Waals surface area contributed by atoms with Crippen LogP contribution in [0.5, 0.6) is 11.5 Å². The molecule has 1 aromatic heterocycles. The Labute approximate surface area is 161 Å². The largest absolute Gasteiger partial charge is 0.496 e. The van der Waals surface area contributed by atoms with Crippen LogP contribution in [-0.4, -0.2) is 36.4 Å². The van der Waals surface area contributed by atoms with Gasteiger partial charge in [-0.1, -0.05) is 36.1 Å². The summed E-state index contributed by atoms with van der Waals surface area (Å²) >= 11 is 0. The van der Waals surface area contributed by atoms with Crippen molar-refractivity contribution in [1.29, 1.82) is 0 Å². The Morgan fingerprint density at radius 3 is 2.68 bits per heavy atom. The third kappa shape index (κ3) is 4.68. The van der Waals surface area contributed by atoms with E-state index in [4.69, 9.17) is 9.47 Å². The third-order valence-electron chi connectivity index (χ3n) is 3.80. The van der Waals surface area contributed by atoms with E-state index in [9.17, 15) is 9.18 Å². The summed E-state index contributed by atoms with van der Waals surface area (Å²) < 4.78 is 23.9. The maximum atomic E-state index is 13.4. The monoisotopic (exact) mass is 379 g/mol. The maximum absolute atomic E-state index is 13.4. The number of nitrogens with zero attached hydrogens (tertiary/aromatic N) is 1. The molecule has 0 aliphatic carbocycles. The number of nitrogens with one attached hydrogen (secondary N) is 2. The molecule has 3 aromatic rings. The predicted molar refractivity (Wildman–Crippen MR) is 103 cm³/mol. The molecule has 6 nitrogen and oxygen atoms in total. The molecular formula is C21H18FN3O3. The van der Waals surface area contributed by atoms with Crippen molar-refractivity contribution in [3.8, 4) is 34.6 Å². The normalized spacial score (nSPS) is 9.93. The fourth-order valence-corrected chi connectivity index (χ4v) is 2.44. The lowest BCUT2D eigenvalue weighted by atomic mass is 10.1. The Hall–Kier alpha value is -3.79. The number of hydrogen-bond acceptors (Lipinski definition) is 4. The van der Waals surface area contributed by atoms with Gasteiger partial charge in [0.2, 0.25) is 0 Å². The first kappa shape index (κ1) is 19.0. The van der Waals surface area contributed by atoms with Gasteiger partial charge in [0.25, 0.3) is 5.91 Å². The van der Waals surface area contributed by atoms with Gasteiger partial charge in [0.1, 0.15) is 18.1 Å². The van der Waals surface area contributed by atoms with E-state index in [-0.39, 0.29) is 24.8 Å². The van der Waals surface area contributed by atoms with Crippen LogP contribution in [0.3, 0.4) is 0 Å². The van der Waals surface area contributed by atoms with Gasteiger partial charge in [-0.15, -0.1) is 0 Å². The number of H-pyrrole nitrogens is 1. The minimum absolute atomic E-state index is 0.0266. The molecule has 7 heteroatoms. The first-order valence-electron chi connectivity index (χ1n) is 8.49. The average molecular weight is 379 g/mol. The number of aromatic nitrogens is 2. The SMILES string of the molecule is COc1ccccc1-c1cc(C(=O)NCC#CCOc2ccccc2F)[nH]n1. The van der Waals surface area contributed by atoms with Gasteiger partial charge in [0, 0.05) is 5.56 Å². The van der Waals surface area contributed by atoms with E-state index in [1.165, 1.54) is 12.1 Å². The highest BCUT2D eigenvalue weighted by Crippen LogP contribution is 2.28. The molecule has 0 unspecified atom stereocenters. The van der Waals surface area contributed by atoms with Crippen LogP contribution in [0.2, 0.25) is 0 Å². The molecule has 2 N–H and O–H groups in total. The van der Waals surface area contributed by atoms with Crippen LogP contribution < -0.4 is 14.8 Å². The van der Waals surface area contributed by atoms with Crippen LogP contribution in [0.1, 0.15) is 10.5 Å². The lowest BCUT2D eigenvalue weighted by Crippen LogP contribution is -2.24. The van der Waals surface area contributed by atoms with Gasteiger partial charge in [-0.2, -0.15) is 5.10 Å². The minimum atomic E-state index is -0.442. The van der Waals surface area contributed by atoms with Crippen molar-refractivity contribution in [3.63, 3.8) is 0 Å². The number of amides is 1. The Kier molecular flexibility index (Phi) is 6.26. The Morgan fingerprint density at radius 2 is 1.89 bits per heavy atom. The summed E-state index contributed by atoms with van der Waals surface area (Å²) in [6, 6.07) is 15.1. The molecule has 0 saturated heterocycles. The number of aromatic amines is 1. The Bertz CT molecular complexity index is 1020. The second kappa shape index (κ2) is 9.24. The zero-order valence-electron chi connectivity index (χ0n) is 15.2. The first-order valence-corrected chi connectivity index (χ1v) is 8.49. The fraction of sp³-hybridized carbons (Fsp3) is 0.143. The third-order valence-corrected chi connectivity index (χ3v) is 3.80. The zero-order chi connectivity index (χ0) is 19.8. The molecule has 2 aromatic carbocycles. The van der Waals surface area contributed by atoms with Crippen LogP contribution >= 0.6 is 0 Å². The van der Waals surface area contributed by atoms with E-state index in [1.54, 1.807) is 25.3 Å². The van der Waals surface area contributed by atoms with Gasteiger partial charge in [-0.05, 0) is 30.3 Å². The van der Waals surface area contributed by atoms with Crippen LogP contribution in [0.15, 0.2) is 54.6 Å². The topological polar surface area (TPSA) is 76.2 Å². The van der Waals surface area contributed by atoms with Crippen molar-refractivity contribution in [3.05, 3.63) is 66.1 Å². The summed E-state index contributed by atoms with van der Waals surface area (Å²) in [5.74, 6) is 5.50. The van der Waals surface area contributed by atoms with E-state index >= 15 is 0 Å². The lowest BCUT2D eigenvalue weighted by molar-refractivity contribution is 0.0953. The van der Waals surface area contributed by atoms with E-state index in [1.807, 2.05) is 24.3 Å².